The van der Waals surface area contributed by atoms with Crippen molar-refractivity contribution in [1.29, 1.82) is 0 Å². The zero-order chi connectivity index (χ0) is 6.95. The first-order valence-corrected chi connectivity index (χ1v) is 6.03. The van der Waals surface area contributed by atoms with Gasteiger partial charge < -0.3 is 0 Å². The van der Waals surface area contributed by atoms with Gasteiger partial charge in [-0.05, 0) is 13.3 Å². The average molecular weight is 142 g/mol. The second-order valence-corrected chi connectivity index (χ2v) is 4.54. The Hall–Kier alpha value is -0.0431. The fourth-order valence-electron chi connectivity index (χ4n) is 0.856. The molecule has 0 unspecified atom stereocenters. The standard InChI is InChI=1S/C8H18Si/c1-3-5-6-8-9-7-4-2/h3,5H,4,6-9H2,1-2H3/b5-3+. The van der Waals surface area contributed by atoms with Crippen LogP contribution in [0.3, 0.4) is 0 Å². The minimum absolute atomic E-state index is 0.340. The fraction of sp³-hybridized carbons (Fsp3) is 0.750. The molecule has 0 aliphatic carbocycles. The molecule has 0 fully saturated rings. The molecule has 54 valence electrons. The Bertz CT molecular complexity index is 67.0. The van der Waals surface area contributed by atoms with Crippen LogP contribution in [0.25, 0.3) is 0 Å². The third-order valence-corrected chi connectivity index (χ3v) is 3.58. The van der Waals surface area contributed by atoms with E-state index in [4.69, 9.17) is 0 Å². The van der Waals surface area contributed by atoms with Gasteiger partial charge in [0.1, 0.15) is 0 Å². The number of hydrogen-bond acceptors (Lipinski definition) is 0. The molecule has 0 amide bonds. The molecule has 0 saturated heterocycles. The van der Waals surface area contributed by atoms with E-state index in [1.165, 1.54) is 24.9 Å². The SMILES string of the molecule is C/C=C/CC[SiH2]CCC. The van der Waals surface area contributed by atoms with E-state index < -0.39 is 0 Å². The van der Waals surface area contributed by atoms with Gasteiger partial charge in [0.25, 0.3) is 0 Å². The molecular formula is C8H18Si. The Morgan fingerprint density at radius 3 is 2.67 bits per heavy atom. The van der Waals surface area contributed by atoms with Gasteiger partial charge in [0, 0.05) is 9.52 Å². The van der Waals surface area contributed by atoms with Crippen molar-refractivity contribution < 1.29 is 0 Å². The van der Waals surface area contributed by atoms with Gasteiger partial charge in [0.2, 0.25) is 0 Å². The lowest BCUT2D eigenvalue weighted by Crippen LogP contribution is -1.85. The second-order valence-electron chi connectivity index (χ2n) is 2.42. The minimum atomic E-state index is 0.340. The van der Waals surface area contributed by atoms with Crippen LogP contribution in [0.15, 0.2) is 12.2 Å². The molecule has 0 aliphatic heterocycles. The normalized spacial score (nSPS) is 12.2. The van der Waals surface area contributed by atoms with Crippen molar-refractivity contribution in [2.75, 3.05) is 0 Å². The van der Waals surface area contributed by atoms with Crippen molar-refractivity contribution in [2.24, 2.45) is 0 Å². The van der Waals surface area contributed by atoms with Crippen LogP contribution in [0, 0.1) is 0 Å². The number of allylic oxidation sites excluding steroid dienone is 2. The summed E-state index contributed by atoms with van der Waals surface area (Å²) in [5.41, 5.74) is 0. The maximum Gasteiger partial charge on any atom is 0.0200 e. The predicted molar refractivity (Wildman–Crippen MR) is 47.9 cm³/mol. The highest BCUT2D eigenvalue weighted by atomic mass is 28.2. The van der Waals surface area contributed by atoms with Crippen LogP contribution < -0.4 is 0 Å². The molecule has 0 N–H and O–H groups in total. The lowest BCUT2D eigenvalue weighted by molar-refractivity contribution is 1.05. The highest BCUT2D eigenvalue weighted by Crippen LogP contribution is 1.95. The first kappa shape index (κ1) is 8.96. The van der Waals surface area contributed by atoms with Crippen LogP contribution in [-0.4, -0.2) is 9.52 Å². The molecule has 0 aromatic heterocycles. The van der Waals surface area contributed by atoms with Crippen molar-refractivity contribution in [3.8, 4) is 0 Å². The molecule has 0 rings (SSSR count). The molecule has 0 atom stereocenters. The van der Waals surface area contributed by atoms with E-state index in [1.54, 1.807) is 0 Å². The van der Waals surface area contributed by atoms with Crippen LogP contribution in [0.4, 0.5) is 0 Å². The Labute approximate surface area is 61.2 Å². The molecule has 0 radical (unpaired) electrons. The van der Waals surface area contributed by atoms with Gasteiger partial charge in [0.15, 0.2) is 0 Å². The number of rotatable bonds is 5. The zero-order valence-electron chi connectivity index (χ0n) is 6.69. The van der Waals surface area contributed by atoms with Crippen LogP contribution in [0.2, 0.25) is 12.1 Å². The van der Waals surface area contributed by atoms with Crippen molar-refractivity contribution in [3.63, 3.8) is 0 Å². The molecule has 0 aromatic rings. The Morgan fingerprint density at radius 1 is 1.33 bits per heavy atom. The highest BCUT2D eigenvalue weighted by molar-refractivity contribution is 6.35. The van der Waals surface area contributed by atoms with Gasteiger partial charge in [-0.2, -0.15) is 0 Å². The van der Waals surface area contributed by atoms with E-state index >= 15 is 0 Å². The largest absolute Gasteiger partial charge is 0.0917 e. The summed E-state index contributed by atoms with van der Waals surface area (Å²) in [7, 11) is 0.340. The van der Waals surface area contributed by atoms with Gasteiger partial charge in [-0.3, -0.25) is 0 Å². The Kier molecular flexibility index (Phi) is 7.92. The first-order valence-electron chi connectivity index (χ1n) is 4.03. The summed E-state index contributed by atoms with van der Waals surface area (Å²) in [6, 6.07) is 3.05. The summed E-state index contributed by atoms with van der Waals surface area (Å²) in [5.74, 6) is 0. The first-order chi connectivity index (χ1) is 4.41. The molecule has 0 saturated carbocycles. The average Bonchev–Trinajstić information content (AvgIpc) is 1.89. The third-order valence-electron chi connectivity index (χ3n) is 1.46. The lowest BCUT2D eigenvalue weighted by Gasteiger charge is -1.91. The molecule has 0 aliphatic rings. The van der Waals surface area contributed by atoms with E-state index in [1.807, 2.05) is 0 Å². The molecule has 0 bridgehead atoms. The maximum atomic E-state index is 2.28. The molecule has 0 spiro atoms. The van der Waals surface area contributed by atoms with E-state index in [-0.39, 0.29) is 0 Å². The van der Waals surface area contributed by atoms with E-state index in [2.05, 4.69) is 26.0 Å². The second kappa shape index (κ2) is 7.96. The molecule has 0 nitrogen and oxygen atoms in total. The minimum Gasteiger partial charge on any atom is -0.0917 e. The van der Waals surface area contributed by atoms with Crippen LogP contribution in [-0.2, 0) is 0 Å². The lowest BCUT2D eigenvalue weighted by atomic mass is 10.4. The van der Waals surface area contributed by atoms with E-state index in [0.717, 1.165) is 0 Å². The maximum absolute atomic E-state index is 2.28. The van der Waals surface area contributed by atoms with Crippen molar-refractivity contribution in [2.45, 2.75) is 38.8 Å². The van der Waals surface area contributed by atoms with Crippen LogP contribution in [0.5, 0.6) is 0 Å². The van der Waals surface area contributed by atoms with Gasteiger partial charge in [-0.25, -0.2) is 0 Å². The van der Waals surface area contributed by atoms with Gasteiger partial charge >= 0.3 is 0 Å². The quantitative estimate of drug-likeness (QED) is 0.314. The number of hydrogen-bond donors (Lipinski definition) is 0. The predicted octanol–water partition coefficient (Wildman–Crippen LogP) is 2.37. The summed E-state index contributed by atoms with van der Waals surface area (Å²) < 4.78 is 0. The van der Waals surface area contributed by atoms with Gasteiger partial charge in [-0.1, -0.05) is 37.6 Å². The molecule has 9 heavy (non-hydrogen) atoms. The van der Waals surface area contributed by atoms with Gasteiger partial charge in [0.05, 0.1) is 0 Å². The summed E-state index contributed by atoms with van der Waals surface area (Å²) in [6.07, 6.45) is 7.17. The molecular weight excluding hydrogens is 124 g/mol. The Morgan fingerprint density at radius 2 is 2.11 bits per heavy atom. The topological polar surface area (TPSA) is 0 Å². The summed E-state index contributed by atoms with van der Waals surface area (Å²) >= 11 is 0. The Balaban J connectivity index is 2.75. The highest BCUT2D eigenvalue weighted by Gasteiger charge is 1.83. The smallest absolute Gasteiger partial charge is 0.0200 e. The third kappa shape index (κ3) is 7.96. The van der Waals surface area contributed by atoms with Gasteiger partial charge in [-0.15, -0.1) is 0 Å². The van der Waals surface area contributed by atoms with E-state index in [0.29, 0.717) is 9.52 Å². The van der Waals surface area contributed by atoms with Crippen molar-refractivity contribution in [1.82, 2.24) is 0 Å². The molecule has 0 heterocycles. The van der Waals surface area contributed by atoms with E-state index in [9.17, 15) is 0 Å². The van der Waals surface area contributed by atoms with Crippen molar-refractivity contribution >= 4 is 9.52 Å². The fourth-order valence-corrected chi connectivity index (χ4v) is 2.23. The molecule has 0 aromatic carbocycles. The van der Waals surface area contributed by atoms with Crippen molar-refractivity contribution in [3.05, 3.63) is 12.2 Å². The summed E-state index contributed by atoms with van der Waals surface area (Å²) in [6.45, 7) is 4.38. The summed E-state index contributed by atoms with van der Waals surface area (Å²) in [4.78, 5) is 0. The summed E-state index contributed by atoms with van der Waals surface area (Å²) in [5, 5.41) is 0. The molecule has 1 heteroatoms. The van der Waals surface area contributed by atoms with Crippen LogP contribution >= 0.6 is 0 Å². The monoisotopic (exact) mass is 142 g/mol. The van der Waals surface area contributed by atoms with Crippen LogP contribution in [0.1, 0.15) is 26.7 Å². The zero-order valence-corrected chi connectivity index (χ0v) is 8.10.